The van der Waals surface area contributed by atoms with E-state index in [9.17, 15) is 4.79 Å². The maximum atomic E-state index is 11.4. The summed E-state index contributed by atoms with van der Waals surface area (Å²) in [5.74, 6) is -0.406. The Kier molecular flexibility index (Phi) is 4.49. The second kappa shape index (κ2) is 6.33. The highest BCUT2D eigenvalue weighted by Gasteiger charge is 2.48. The van der Waals surface area contributed by atoms with E-state index in [-0.39, 0.29) is 32.6 Å². The van der Waals surface area contributed by atoms with Gasteiger partial charge >= 0.3 is 5.97 Å². The number of carbonyl (C=O) groups is 1. The molecule has 3 aliphatic rings. The summed E-state index contributed by atoms with van der Waals surface area (Å²) in [6.07, 6.45) is -2.06. The van der Waals surface area contributed by atoms with Gasteiger partial charge in [0.1, 0.15) is 44.8 Å². The zero-order valence-electron chi connectivity index (χ0n) is 11.2. The molecule has 0 saturated carbocycles. The molecule has 3 rings (SSSR count). The summed E-state index contributed by atoms with van der Waals surface area (Å²) in [7, 11) is 0. The average molecular weight is 290 g/mol. The van der Waals surface area contributed by atoms with Crippen LogP contribution in [0.3, 0.4) is 0 Å². The first-order chi connectivity index (χ1) is 9.75. The number of rotatable bonds is 3. The monoisotopic (exact) mass is 290 g/mol. The Hall–Kier alpha value is -0.770. The average Bonchev–Trinajstić information content (AvgIpc) is 3.12. The van der Waals surface area contributed by atoms with Gasteiger partial charge in [-0.1, -0.05) is 0 Å². The summed E-state index contributed by atoms with van der Waals surface area (Å²) in [4.78, 5) is 11.4. The van der Waals surface area contributed by atoms with Crippen LogP contribution >= 0.6 is 0 Å². The largest absolute Gasteiger partial charge is 0.457 e. The van der Waals surface area contributed by atoms with Gasteiger partial charge in [-0.15, -0.1) is 0 Å². The van der Waals surface area contributed by atoms with Crippen LogP contribution in [0.5, 0.6) is 0 Å². The van der Waals surface area contributed by atoms with Gasteiger partial charge in [-0.3, -0.25) is 4.79 Å². The fraction of sp³-hybridized carbons (Fsp3) is 0.917. The van der Waals surface area contributed by atoms with E-state index in [1.807, 2.05) is 0 Å². The van der Waals surface area contributed by atoms with Gasteiger partial charge < -0.3 is 33.2 Å². The van der Waals surface area contributed by atoms with Crippen molar-refractivity contribution in [2.45, 2.75) is 37.4 Å². The molecule has 0 unspecified atom stereocenters. The second-order valence-corrected chi connectivity index (χ2v) is 4.84. The molecule has 0 aromatic carbocycles. The summed E-state index contributed by atoms with van der Waals surface area (Å²) < 4.78 is 37.8. The number of hydrogen-bond donors (Lipinski definition) is 0. The highest BCUT2D eigenvalue weighted by atomic mass is 16.8. The van der Waals surface area contributed by atoms with Crippen LogP contribution in [0.4, 0.5) is 0 Å². The molecule has 0 aromatic rings. The first-order valence-corrected chi connectivity index (χ1v) is 6.55. The van der Waals surface area contributed by atoms with E-state index in [4.69, 9.17) is 33.2 Å². The van der Waals surface area contributed by atoms with Crippen molar-refractivity contribution in [2.24, 2.45) is 0 Å². The zero-order chi connectivity index (χ0) is 13.9. The number of esters is 1. The molecule has 0 aromatic heterocycles. The normalized spacial score (nSPS) is 39.0. The van der Waals surface area contributed by atoms with Crippen LogP contribution in [0.1, 0.15) is 6.92 Å². The smallest absolute Gasteiger partial charge is 0.303 e. The zero-order valence-corrected chi connectivity index (χ0v) is 11.2. The van der Waals surface area contributed by atoms with Crippen molar-refractivity contribution >= 4 is 5.97 Å². The van der Waals surface area contributed by atoms with Crippen LogP contribution in [0.25, 0.3) is 0 Å². The minimum absolute atomic E-state index is 0.0901. The van der Waals surface area contributed by atoms with Crippen molar-refractivity contribution in [1.82, 2.24) is 0 Å². The predicted octanol–water partition coefficient (Wildman–Crippen LogP) is -0.595. The first-order valence-electron chi connectivity index (χ1n) is 6.55. The molecule has 0 N–H and O–H groups in total. The van der Waals surface area contributed by atoms with Gasteiger partial charge in [-0.25, -0.2) is 0 Å². The van der Waals surface area contributed by atoms with Crippen LogP contribution in [-0.4, -0.2) is 70.1 Å². The Labute approximate surface area is 116 Å². The molecule has 0 amide bonds. The van der Waals surface area contributed by atoms with Gasteiger partial charge in [0.05, 0.1) is 13.2 Å². The maximum absolute atomic E-state index is 11.4. The van der Waals surface area contributed by atoms with E-state index in [1.54, 1.807) is 0 Å². The standard InChI is InChI=1S/C12H18O8/c1-7(13)20-12-10(8-2-14-4-16-8)18-6-19-11(12)9-3-15-5-17-9/h8-12H,2-6H2,1H3/t8-,9-,10+,11+/m0/s1. The Morgan fingerprint density at radius 3 is 1.85 bits per heavy atom. The minimum Gasteiger partial charge on any atom is -0.457 e. The minimum atomic E-state index is -0.611. The molecule has 3 saturated heterocycles. The topological polar surface area (TPSA) is 81.7 Å². The summed E-state index contributed by atoms with van der Waals surface area (Å²) >= 11 is 0. The lowest BCUT2D eigenvalue weighted by Crippen LogP contribution is -2.58. The lowest BCUT2D eigenvalue weighted by molar-refractivity contribution is -0.272. The van der Waals surface area contributed by atoms with Crippen LogP contribution in [0.15, 0.2) is 0 Å². The van der Waals surface area contributed by atoms with E-state index >= 15 is 0 Å². The van der Waals surface area contributed by atoms with Crippen LogP contribution in [-0.2, 0) is 38.0 Å². The van der Waals surface area contributed by atoms with Crippen molar-refractivity contribution in [2.75, 3.05) is 33.6 Å². The molecular weight excluding hydrogens is 272 g/mol. The highest BCUT2D eigenvalue weighted by Crippen LogP contribution is 2.28. The van der Waals surface area contributed by atoms with E-state index < -0.39 is 24.3 Å². The summed E-state index contributed by atoms with van der Waals surface area (Å²) in [6, 6.07) is 0. The second-order valence-electron chi connectivity index (χ2n) is 4.84. The van der Waals surface area contributed by atoms with E-state index in [0.29, 0.717) is 13.2 Å². The molecule has 20 heavy (non-hydrogen) atoms. The molecule has 3 fully saturated rings. The Morgan fingerprint density at radius 2 is 1.45 bits per heavy atom. The van der Waals surface area contributed by atoms with Gasteiger partial charge in [-0.2, -0.15) is 0 Å². The molecule has 114 valence electrons. The molecule has 3 heterocycles. The van der Waals surface area contributed by atoms with Crippen LogP contribution < -0.4 is 0 Å². The van der Waals surface area contributed by atoms with Gasteiger partial charge in [0.25, 0.3) is 0 Å². The lowest BCUT2D eigenvalue weighted by atomic mass is 9.98. The van der Waals surface area contributed by atoms with Gasteiger partial charge in [0.15, 0.2) is 6.10 Å². The fourth-order valence-electron chi connectivity index (χ4n) is 2.61. The van der Waals surface area contributed by atoms with Crippen molar-refractivity contribution in [3.63, 3.8) is 0 Å². The molecule has 0 spiro atoms. The molecule has 8 nitrogen and oxygen atoms in total. The van der Waals surface area contributed by atoms with Gasteiger partial charge in [0.2, 0.25) is 0 Å². The quantitative estimate of drug-likeness (QED) is 0.638. The fourth-order valence-corrected chi connectivity index (χ4v) is 2.61. The molecule has 0 radical (unpaired) electrons. The molecular formula is C12H18O8. The Morgan fingerprint density at radius 1 is 0.900 bits per heavy atom. The summed E-state index contributed by atoms with van der Waals surface area (Å²) in [6.45, 7) is 2.67. The summed E-state index contributed by atoms with van der Waals surface area (Å²) in [5, 5.41) is 0. The van der Waals surface area contributed by atoms with Crippen LogP contribution in [0, 0.1) is 0 Å². The molecule has 8 heteroatoms. The third kappa shape index (κ3) is 2.95. The first kappa shape index (κ1) is 14.2. The summed E-state index contributed by atoms with van der Waals surface area (Å²) in [5.41, 5.74) is 0. The molecule has 0 bridgehead atoms. The number of hydrogen-bond acceptors (Lipinski definition) is 8. The van der Waals surface area contributed by atoms with Gasteiger partial charge in [0, 0.05) is 6.92 Å². The maximum Gasteiger partial charge on any atom is 0.303 e. The third-order valence-electron chi connectivity index (χ3n) is 3.50. The Balaban J connectivity index is 1.74. The van der Waals surface area contributed by atoms with Crippen molar-refractivity contribution in [3.05, 3.63) is 0 Å². The van der Waals surface area contributed by atoms with Crippen molar-refractivity contribution in [3.8, 4) is 0 Å². The molecule has 4 atom stereocenters. The lowest BCUT2D eigenvalue weighted by Gasteiger charge is -2.40. The van der Waals surface area contributed by atoms with E-state index in [1.165, 1.54) is 6.92 Å². The third-order valence-corrected chi connectivity index (χ3v) is 3.50. The number of carbonyl (C=O) groups excluding carboxylic acids is 1. The highest BCUT2D eigenvalue weighted by molar-refractivity contribution is 5.66. The predicted molar refractivity (Wildman–Crippen MR) is 61.6 cm³/mol. The molecule has 3 aliphatic heterocycles. The SMILES string of the molecule is CC(=O)OC1[C@@H]([C@@H]2COCO2)OCO[C@@H]1[C@@H]1COCO1. The van der Waals surface area contributed by atoms with Crippen molar-refractivity contribution in [1.29, 1.82) is 0 Å². The molecule has 0 aliphatic carbocycles. The van der Waals surface area contributed by atoms with Crippen LogP contribution in [0.2, 0.25) is 0 Å². The number of ether oxygens (including phenoxy) is 7. The van der Waals surface area contributed by atoms with Gasteiger partial charge in [-0.05, 0) is 0 Å². The van der Waals surface area contributed by atoms with E-state index in [0.717, 1.165) is 0 Å². The van der Waals surface area contributed by atoms with Crippen molar-refractivity contribution < 1.29 is 38.0 Å². The van der Waals surface area contributed by atoms with E-state index in [2.05, 4.69) is 0 Å². The Bertz CT molecular complexity index is 312.